The highest BCUT2D eigenvalue weighted by atomic mass is 32.2. The average molecular weight is 493 g/mol. The van der Waals surface area contributed by atoms with Gasteiger partial charge in [0.25, 0.3) is 0 Å². The molecule has 3 rings (SSSR count). The fourth-order valence-corrected chi connectivity index (χ4v) is 4.80. The molecule has 0 aliphatic carbocycles. The number of nitrogens with zero attached hydrogens (tertiary/aromatic N) is 5. The molecule has 2 aromatic heterocycles. The standard InChI is InChI=1S/C27H36N6OS/c1-6-21(7-2)33(22(8-3)19-34)27-25(32(4)5)18-29-26(31-27)24-14-15-28-16-20(24)17-30-35-23-12-10-9-11-13-23/h9-16,18-19,21-22,30H,6-8,17H2,1-5H3/t22-/m1/s1. The molecule has 2 heterocycles. The van der Waals surface area contributed by atoms with Gasteiger partial charge in [0.2, 0.25) is 0 Å². The Hall–Kier alpha value is -2.97. The van der Waals surface area contributed by atoms with E-state index in [0.29, 0.717) is 18.8 Å². The Morgan fingerprint density at radius 1 is 1.03 bits per heavy atom. The predicted octanol–water partition coefficient (Wildman–Crippen LogP) is 5.37. The lowest BCUT2D eigenvalue weighted by Gasteiger charge is -2.37. The molecule has 0 aliphatic heterocycles. The quantitative estimate of drug-likeness (QED) is 0.252. The second-order valence-corrected chi connectivity index (χ2v) is 9.52. The van der Waals surface area contributed by atoms with Crippen molar-refractivity contribution < 1.29 is 4.79 Å². The second-order valence-electron chi connectivity index (χ2n) is 8.56. The first-order valence-electron chi connectivity index (χ1n) is 12.2. The lowest BCUT2D eigenvalue weighted by atomic mass is 10.1. The van der Waals surface area contributed by atoms with Gasteiger partial charge >= 0.3 is 0 Å². The van der Waals surface area contributed by atoms with E-state index >= 15 is 0 Å². The Balaban J connectivity index is 2.01. The highest BCUT2D eigenvalue weighted by molar-refractivity contribution is 7.97. The number of aldehydes is 1. The molecule has 0 bridgehead atoms. The van der Waals surface area contributed by atoms with Gasteiger partial charge in [-0.1, -0.05) is 39.0 Å². The maximum absolute atomic E-state index is 12.1. The predicted molar refractivity (Wildman–Crippen MR) is 146 cm³/mol. The molecule has 0 radical (unpaired) electrons. The van der Waals surface area contributed by atoms with Crippen LogP contribution >= 0.6 is 11.9 Å². The molecule has 35 heavy (non-hydrogen) atoms. The minimum Gasteiger partial charge on any atom is -0.373 e. The number of benzene rings is 1. The number of nitrogens with one attached hydrogen (secondary N) is 1. The summed E-state index contributed by atoms with van der Waals surface area (Å²) in [7, 11) is 3.97. The normalized spacial score (nSPS) is 11.9. The van der Waals surface area contributed by atoms with Crippen molar-refractivity contribution in [2.45, 2.75) is 63.6 Å². The molecule has 3 aromatic rings. The lowest BCUT2D eigenvalue weighted by Crippen LogP contribution is -2.45. The second kappa shape index (κ2) is 13.2. The number of rotatable bonds is 13. The Bertz CT molecular complexity index is 1070. The Kier molecular flexibility index (Phi) is 10.0. The van der Waals surface area contributed by atoms with E-state index in [-0.39, 0.29) is 12.1 Å². The molecule has 0 aliphatic rings. The first kappa shape index (κ1) is 26.6. The monoisotopic (exact) mass is 492 g/mol. The van der Waals surface area contributed by atoms with Crippen molar-refractivity contribution in [3.05, 3.63) is 60.6 Å². The molecule has 0 saturated carbocycles. The van der Waals surface area contributed by atoms with Crippen LogP contribution < -0.4 is 14.5 Å². The van der Waals surface area contributed by atoms with Gasteiger partial charge in [0.1, 0.15) is 6.29 Å². The number of anilines is 2. The Labute approximate surface area is 213 Å². The molecule has 0 spiro atoms. The van der Waals surface area contributed by atoms with Gasteiger partial charge in [-0.05, 0) is 55.0 Å². The summed E-state index contributed by atoms with van der Waals surface area (Å²) in [6.45, 7) is 6.97. The van der Waals surface area contributed by atoms with Crippen LogP contribution in [0.5, 0.6) is 0 Å². The van der Waals surface area contributed by atoms with Crippen LogP contribution in [-0.4, -0.2) is 47.4 Å². The van der Waals surface area contributed by atoms with Crippen LogP contribution in [0.25, 0.3) is 11.4 Å². The smallest absolute Gasteiger partial charge is 0.162 e. The van der Waals surface area contributed by atoms with Crippen LogP contribution in [0.3, 0.4) is 0 Å². The molecule has 0 saturated heterocycles. The number of carbonyl (C=O) groups is 1. The summed E-state index contributed by atoms with van der Waals surface area (Å²) in [4.78, 5) is 31.6. The molecule has 186 valence electrons. The zero-order valence-corrected chi connectivity index (χ0v) is 22.1. The summed E-state index contributed by atoms with van der Waals surface area (Å²) in [5, 5.41) is 0. The van der Waals surface area contributed by atoms with Gasteiger partial charge in [-0.2, -0.15) is 0 Å². The van der Waals surface area contributed by atoms with Crippen molar-refractivity contribution in [3.8, 4) is 11.4 Å². The summed E-state index contributed by atoms with van der Waals surface area (Å²) < 4.78 is 3.42. The average Bonchev–Trinajstić information content (AvgIpc) is 2.89. The van der Waals surface area contributed by atoms with Crippen LogP contribution in [0.1, 0.15) is 45.6 Å². The minimum atomic E-state index is -0.248. The third kappa shape index (κ3) is 6.58. The SMILES string of the molecule is CCC(CC)N(c1nc(-c2ccncc2CNSc2ccccc2)ncc1N(C)C)[C@@H](C=O)CC. The van der Waals surface area contributed by atoms with E-state index in [0.717, 1.165) is 46.7 Å². The largest absolute Gasteiger partial charge is 0.373 e. The van der Waals surface area contributed by atoms with Gasteiger partial charge in [0.15, 0.2) is 11.6 Å². The molecule has 8 heteroatoms. The number of aromatic nitrogens is 3. The van der Waals surface area contributed by atoms with E-state index in [2.05, 4.69) is 40.6 Å². The third-order valence-corrected chi connectivity index (χ3v) is 6.88. The van der Waals surface area contributed by atoms with Gasteiger partial charge in [-0.3, -0.25) is 9.71 Å². The number of pyridine rings is 1. The molecule has 1 N–H and O–H groups in total. The number of carbonyl (C=O) groups excluding carboxylic acids is 1. The van der Waals surface area contributed by atoms with Crippen LogP contribution in [0.15, 0.2) is 59.9 Å². The maximum Gasteiger partial charge on any atom is 0.162 e. The highest BCUT2D eigenvalue weighted by Gasteiger charge is 2.28. The van der Waals surface area contributed by atoms with Crippen molar-refractivity contribution in [2.24, 2.45) is 0 Å². The fraction of sp³-hybridized carbons (Fsp3) is 0.407. The Morgan fingerprint density at radius 2 is 1.77 bits per heavy atom. The summed E-state index contributed by atoms with van der Waals surface area (Å²) in [5.41, 5.74) is 2.83. The van der Waals surface area contributed by atoms with Gasteiger partial charge in [-0.25, -0.2) is 9.97 Å². The van der Waals surface area contributed by atoms with Crippen molar-refractivity contribution in [2.75, 3.05) is 23.9 Å². The van der Waals surface area contributed by atoms with E-state index in [1.54, 1.807) is 18.1 Å². The van der Waals surface area contributed by atoms with E-state index in [9.17, 15) is 4.79 Å². The molecule has 0 unspecified atom stereocenters. The summed E-state index contributed by atoms with van der Waals surface area (Å²) in [6, 6.07) is 12.1. The van der Waals surface area contributed by atoms with Crippen molar-refractivity contribution in [1.82, 2.24) is 19.7 Å². The lowest BCUT2D eigenvalue weighted by molar-refractivity contribution is -0.109. The topological polar surface area (TPSA) is 74.2 Å². The summed E-state index contributed by atoms with van der Waals surface area (Å²) >= 11 is 1.58. The van der Waals surface area contributed by atoms with Gasteiger partial charge in [0.05, 0.1) is 17.9 Å². The molecular formula is C27H36N6OS. The summed E-state index contributed by atoms with van der Waals surface area (Å²) in [5.74, 6) is 1.42. The number of hydrogen-bond donors (Lipinski definition) is 1. The van der Waals surface area contributed by atoms with Crippen molar-refractivity contribution in [3.63, 3.8) is 0 Å². The van der Waals surface area contributed by atoms with E-state index < -0.39 is 0 Å². The highest BCUT2D eigenvalue weighted by Crippen LogP contribution is 2.33. The molecule has 0 amide bonds. The molecule has 1 aromatic carbocycles. The fourth-order valence-electron chi connectivity index (χ4n) is 4.11. The van der Waals surface area contributed by atoms with Crippen LogP contribution in [-0.2, 0) is 11.3 Å². The van der Waals surface area contributed by atoms with Gasteiger partial charge in [-0.15, -0.1) is 0 Å². The van der Waals surface area contributed by atoms with Gasteiger partial charge < -0.3 is 14.6 Å². The zero-order valence-electron chi connectivity index (χ0n) is 21.3. The van der Waals surface area contributed by atoms with E-state index in [4.69, 9.17) is 9.97 Å². The van der Waals surface area contributed by atoms with Crippen molar-refractivity contribution in [1.29, 1.82) is 0 Å². The van der Waals surface area contributed by atoms with Gasteiger partial charge in [0, 0.05) is 49.5 Å². The third-order valence-electron chi connectivity index (χ3n) is 6.09. The summed E-state index contributed by atoms with van der Waals surface area (Å²) in [6.07, 6.45) is 9.10. The first-order valence-corrected chi connectivity index (χ1v) is 13.0. The number of hydrogen-bond acceptors (Lipinski definition) is 8. The molecule has 0 fully saturated rings. The molecular weight excluding hydrogens is 456 g/mol. The molecule has 1 atom stereocenters. The maximum atomic E-state index is 12.1. The molecule has 7 nitrogen and oxygen atoms in total. The zero-order chi connectivity index (χ0) is 25.2. The Morgan fingerprint density at radius 3 is 2.40 bits per heavy atom. The van der Waals surface area contributed by atoms with Crippen LogP contribution in [0.2, 0.25) is 0 Å². The van der Waals surface area contributed by atoms with E-state index in [1.165, 1.54) is 0 Å². The van der Waals surface area contributed by atoms with Crippen LogP contribution in [0, 0.1) is 0 Å². The first-order chi connectivity index (χ1) is 17.0. The van der Waals surface area contributed by atoms with E-state index in [1.807, 2.05) is 62.6 Å². The van der Waals surface area contributed by atoms with Crippen LogP contribution in [0.4, 0.5) is 11.5 Å². The minimum absolute atomic E-state index is 0.201. The van der Waals surface area contributed by atoms with Crippen molar-refractivity contribution >= 4 is 29.7 Å².